The fraction of sp³-hybridized carbons (Fsp3) is 0.500. The van der Waals surface area contributed by atoms with Gasteiger partial charge in [-0.25, -0.2) is 0 Å². The SMILES string of the molecule is CCCCCCCC1(O)Nc2ccccc2C=C1O. The molecule has 1 aliphatic heterocycles. The lowest BCUT2D eigenvalue weighted by atomic mass is 9.95. The molecule has 0 spiro atoms. The summed E-state index contributed by atoms with van der Waals surface area (Å²) < 4.78 is 0. The van der Waals surface area contributed by atoms with E-state index in [-0.39, 0.29) is 5.76 Å². The Hall–Kier alpha value is -1.48. The van der Waals surface area contributed by atoms with Gasteiger partial charge in [0.25, 0.3) is 0 Å². The standard InChI is InChI=1S/C16H23NO2/c1-2-3-4-5-8-11-16(19)15(18)12-13-9-6-7-10-14(13)17-16/h6-7,9-10,12,17-19H,2-5,8,11H2,1H3. The zero-order valence-corrected chi connectivity index (χ0v) is 11.5. The van der Waals surface area contributed by atoms with Gasteiger partial charge in [0.05, 0.1) is 0 Å². The quantitative estimate of drug-likeness (QED) is 0.677. The van der Waals surface area contributed by atoms with E-state index in [1.807, 2.05) is 24.3 Å². The van der Waals surface area contributed by atoms with Crippen LogP contribution in [0.2, 0.25) is 0 Å². The van der Waals surface area contributed by atoms with Gasteiger partial charge in [0, 0.05) is 17.7 Å². The van der Waals surface area contributed by atoms with Gasteiger partial charge in [-0.3, -0.25) is 0 Å². The van der Waals surface area contributed by atoms with Crippen molar-refractivity contribution < 1.29 is 10.2 Å². The molecule has 0 saturated carbocycles. The monoisotopic (exact) mass is 261 g/mol. The summed E-state index contributed by atoms with van der Waals surface area (Å²) in [5.41, 5.74) is 0.479. The highest BCUT2D eigenvalue weighted by atomic mass is 16.4. The molecule has 19 heavy (non-hydrogen) atoms. The molecule has 0 aromatic heterocycles. The van der Waals surface area contributed by atoms with Crippen LogP contribution in [0.3, 0.4) is 0 Å². The maximum atomic E-state index is 10.5. The Balaban J connectivity index is 1.97. The Bertz CT molecular complexity index is 456. The number of rotatable bonds is 6. The lowest BCUT2D eigenvalue weighted by molar-refractivity contribution is 0.0518. The Morgan fingerprint density at radius 2 is 1.84 bits per heavy atom. The van der Waals surface area contributed by atoms with Crippen molar-refractivity contribution in [3.05, 3.63) is 35.6 Å². The van der Waals surface area contributed by atoms with Crippen LogP contribution in [0.4, 0.5) is 5.69 Å². The largest absolute Gasteiger partial charge is 0.507 e. The van der Waals surface area contributed by atoms with Crippen molar-refractivity contribution in [2.24, 2.45) is 0 Å². The molecule has 0 bridgehead atoms. The Kier molecular flexibility index (Phi) is 4.48. The highest BCUT2D eigenvalue weighted by Crippen LogP contribution is 2.33. The second-order valence-corrected chi connectivity index (χ2v) is 5.27. The summed E-state index contributed by atoms with van der Waals surface area (Å²) in [5, 5.41) is 23.6. The minimum atomic E-state index is -1.30. The van der Waals surface area contributed by atoms with Gasteiger partial charge in [0.2, 0.25) is 0 Å². The number of aliphatic hydroxyl groups excluding tert-OH is 1. The molecule has 3 heteroatoms. The zero-order chi connectivity index (χ0) is 13.7. The minimum Gasteiger partial charge on any atom is -0.507 e. The highest BCUT2D eigenvalue weighted by molar-refractivity contribution is 5.72. The molecule has 0 radical (unpaired) electrons. The molecular weight excluding hydrogens is 238 g/mol. The normalized spacial score (nSPS) is 21.5. The second-order valence-electron chi connectivity index (χ2n) is 5.27. The van der Waals surface area contributed by atoms with Crippen LogP contribution in [0, 0.1) is 0 Å². The summed E-state index contributed by atoms with van der Waals surface area (Å²) in [4.78, 5) is 0. The average molecular weight is 261 g/mol. The molecule has 0 aliphatic carbocycles. The molecule has 3 nitrogen and oxygen atoms in total. The predicted molar refractivity (Wildman–Crippen MR) is 79.0 cm³/mol. The van der Waals surface area contributed by atoms with E-state index in [2.05, 4.69) is 12.2 Å². The summed E-state index contributed by atoms with van der Waals surface area (Å²) >= 11 is 0. The van der Waals surface area contributed by atoms with Crippen LogP contribution in [0.5, 0.6) is 0 Å². The molecule has 0 amide bonds. The van der Waals surface area contributed by atoms with Crippen LogP contribution in [0.15, 0.2) is 30.0 Å². The average Bonchev–Trinajstić information content (AvgIpc) is 2.40. The topological polar surface area (TPSA) is 52.5 Å². The summed E-state index contributed by atoms with van der Waals surface area (Å²) in [7, 11) is 0. The Morgan fingerprint density at radius 1 is 1.11 bits per heavy atom. The first-order chi connectivity index (χ1) is 9.15. The summed E-state index contributed by atoms with van der Waals surface area (Å²) in [5.74, 6) is 0.0155. The van der Waals surface area contributed by atoms with E-state index in [1.165, 1.54) is 19.3 Å². The van der Waals surface area contributed by atoms with E-state index in [0.717, 1.165) is 24.1 Å². The smallest absolute Gasteiger partial charge is 0.194 e. The molecule has 0 saturated heterocycles. The molecule has 1 atom stereocenters. The molecular formula is C16H23NO2. The van der Waals surface area contributed by atoms with E-state index >= 15 is 0 Å². The number of unbranched alkanes of at least 4 members (excludes halogenated alkanes) is 4. The third-order valence-corrected chi connectivity index (χ3v) is 3.66. The molecule has 1 heterocycles. The lowest BCUT2D eigenvalue weighted by Gasteiger charge is -2.33. The van der Waals surface area contributed by atoms with Crippen molar-refractivity contribution in [3.63, 3.8) is 0 Å². The third-order valence-electron chi connectivity index (χ3n) is 3.66. The highest BCUT2D eigenvalue weighted by Gasteiger charge is 2.34. The van der Waals surface area contributed by atoms with Crippen LogP contribution in [-0.4, -0.2) is 15.9 Å². The van der Waals surface area contributed by atoms with Crippen molar-refractivity contribution in [3.8, 4) is 0 Å². The fourth-order valence-corrected chi connectivity index (χ4v) is 2.47. The van der Waals surface area contributed by atoms with Gasteiger partial charge in [-0.1, -0.05) is 50.8 Å². The van der Waals surface area contributed by atoms with Gasteiger partial charge in [-0.2, -0.15) is 0 Å². The summed E-state index contributed by atoms with van der Waals surface area (Å²) in [6, 6.07) is 7.67. The number of nitrogens with one attached hydrogen (secondary N) is 1. The zero-order valence-electron chi connectivity index (χ0n) is 11.5. The molecule has 2 rings (SSSR count). The predicted octanol–water partition coefficient (Wildman–Crippen LogP) is 4.06. The van der Waals surface area contributed by atoms with Gasteiger partial charge < -0.3 is 15.5 Å². The fourth-order valence-electron chi connectivity index (χ4n) is 2.47. The van der Waals surface area contributed by atoms with Crippen LogP contribution in [0.25, 0.3) is 6.08 Å². The van der Waals surface area contributed by atoms with Crippen LogP contribution in [0.1, 0.15) is 51.0 Å². The van der Waals surface area contributed by atoms with Crippen LogP contribution < -0.4 is 5.32 Å². The Labute approximate surface area is 115 Å². The molecule has 1 aromatic rings. The van der Waals surface area contributed by atoms with Crippen molar-refractivity contribution in [1.82, 2.24) is 0 Å². The van der Waals surface area contributed by atoms with Gasteiger partial charge in [-0.05, 0) is 18.6 Å². The summed E-state index contributed by atoms with van der Waals surface area (Å²) in [6.07, 6.45) is 7.81. The molecule has 104 valence electrons. The molecule has 1 unspecified atom stereocenters. The number of para-hydroxylation sites is 1. The van der Waals surface area contributed by atoms with Crippen LogP contribution >= 0.6 is 0 Å². The van der Waals surface area contributed by atoms with E-state index in [1.54, 1.807) is 6.08 Å². The summed E-state index contributed by atoms with van der Waals surface area (Å²) in [6.45, 7) is 2.18. The third kappa shape index (κ3) is 3.29. The molecule has 3 N–H and O–H groups in total. The molecule has 0 fully saturated rings. The molecule has 1 aliphatic rings. The van der Waals surface area contributed by atoms with E-state index < -0.39 is 5.72 Å². The minimum absolute atomic E-state index is 0.0155. The van der Waals surface area contributed by atoms with Crippen molar-refractivity contribution in [1.29, 1.82) is 0 Å². The number of hydrogen-bond acceptors (Lipinski definition) is 3. The molecule has 1 aromatic carbocycles. The number of anilines is 1. The van der Waals surface area contributed by atoms with E-state index in [0.29, 0.717) is 6.42 Å². The van der Waals surface area contributed by atoms with E-state index in [4.69, 9.17) is 0 Å². The van der Waals surface area contributed by atoms with Crippen molar-refractivity contribution in [2.75, 3.05) is 5.32 Å². The van der Waals surface area contributed by atoms with E-state index in [9.17, 15) is 10.2 Å². The first-order valence-electron chi connectivity index (χ1n) is 7.16. The first kappa shape index (κ1) is 13.9. The maximum Gasteiger partial charge on any atom is 0.194 e. The van der Waals surface area contributed by atoms with Gasteiger partial charge >= 0.3 is 0 Å². The van der Waals surface area contributed by atoms with Gasteiger partial charge in [-0.15, -0.1) is 0 Å². The van der Waals surface area contributed by atoms with Gasteiger partial charge in [0.1, 0.15) is 5.76 Å². The number of aliphatic hydroxyl groups is 2. The number of fused-ring (bicyclic) bond motifs is 1. The maximum absolute atomic E-state index is 10.5. The first-order valence-corrected chi connectivity index (χ1v) is 7.16. The van der Waals surface area contributed by atoms with Crippen molar-refractivity contribution in [2.45, 2.75) is 51.2 Å². The van der Waals surface area contributed by atoms with Crippen LogP contribution in [-0.2, 0) is 0 Å². The number of hydrogen-bond donors (Lipinski definition) is 3. The lowest BCUT2D eigenvalue weighted by Crippen LogP contribution is -2.42. The Morgan fingerprint density at radius 3 is 2.63 bits per heavy atom. The van der Waals surface area contributed by atoms with Crippen molar-refractivity contribution >= 4 is 11.8 Å². The second kappa shape index (κ2) is 6.11. The van der Waals surface area contributed by atoms with Gasteiger partial charge in [0.15, 0.2) is 5.72 Å². The number of benzene rings is 1.